The molecule has 0 spiro atoms. The molecule has 0 aliphatic carbocycles. The lowest BCUT2D eigenvalue weighted by molar-refractivity contribution is 1.20. The first kappa shape index (κ1) is 44.9. The number of para-hydroxylation sites is 1. The van der Waals surface area contributed by atoms with Crippen LogP contribution in [-0.2, 0) is 6.42 Å². The summed E-state index contributed by atoms with van der Waals surface area (Å²) in [6, 6.07) is 92.6. The zero-order chi connectivity index (χ0) is 44.6. The first-order valence-corrected chi connectivity index (χ1v) is 23.4. The summed E-state index contributed by atoms with van der Waals surface area (Å²) in [7, 11) is 0. The predicted molar refractivity (Wildman–Crippen MR) is 288 cm³/mol. The fourth-order valence-corrected chi connectivity index (χ4v) is 8.26. The molecule has 0 unspecified atom stereocenters. The van der Waals surface area contributed by atoms with Crippen molar-refractivity contribution in [2.45, 2.75) is 6.42 Å². The van der Waals surface area contributed by atoms with Crippen molar-refractivity contribution in [2.75, 3.05) is 4.90 Å². The van der Waals surface area contributed by atoms with Gasteiger partial charge in [0.05, 0.1) is 5.69 Å². The van der Waals surface area contributed by atoms with Gasteiger partial charge >= 0.3 is 0 Å². The molecule has 0 N–H and O–H groups in total. The quantitative estimate of drug-likeness (QED) is 0.130. The van der Waals surface area contributed by atoms with Gasteiger partial charge in [0.2, 0.25) is 0 Å². The van der Waals surface area contributed by atoms with E-state index >= 15 is 0 Å². The molecule has 0 aromatic heterocycles. The van der Waals surface area contributed by atoms with Crippen LogP contribution in [0.5, 0.6) is 0 Å². The Labute approximate surface area is 407 Å². The Hall–Kier alpha value is -6.69. The molecule has 0 radical (unpaired) electrons. The van der Waals surface area contributed by atoms with Crippen LogP contribution in [0.3, 0.4) is 0 Å². The van der Waals surface area contributed by atoms with E-state index < -0.39 is 0 Å². The topological polar surface area (TPSA) is 3.24 Å². The van der Waals surface area contributed by atoms with Gasteiger partial charge in [0.25, 0.3) is 0 Å². The van der Waals surface area contributed by atoms with Crippen LogP contribution in [0.4, 0.5) is 17.1 Å². The monoisotopic (exact) mass is 989 g/mol. The van der Waals surface area contributed by atoms with E-state index in [1.54, 1.807) is 0 Å². The molecule has 1 nitrogen and oxygen atoms in total. The van der Waals surface area contributed by atoms with Crippen molar-refractivity contribution in [3.8, 4) is 44.5 Å². The van der Waals surface area contributed by atoms with E-state index in [1.165, 1.54) is 59.2 Å². The van der Waals surface area contributed by atoms with Gasteiger partial charge in [0.15, 0.2) is 0 Å². The van der Waals surface area contributed by atoms with E-state index in [0.717, 1.165) is 33.5 Å². The van der Waals surface area contributed by atoms with Crippen molar-refractivity contribution in [1.82, 2.24) is 0 Å². The van der Waals surface area contributed by atoms with Crippen molar-refractivity contribution in [3.05, 3.63) is 292 Å². The molecule has 0 saturated heterocycles. The second-order valence-electron chi connectivity index (χ2n) is 15.3. The van der Waals surface area contributed by atoms with Gasteiger partial charge in [-0.1, -0.05) is 223 Å². The second-order valence-corrected chi connectivity index (χ2v) is 17.4. The highest BCUT2D eigenvalue weighted by Crippen LogP contribution is 2.41. The van der Waals surface area contributed by atoms with Gasteiger partial charge in [-0.3, -0.25) is 0 Å². The van der Waals surface area contributed by atoms with Crippen molar-refractivity contribution >= 4 is 62.9 Å². The van der Waals surface area contributed by atoms with E-state index in [2.05, 4.69) is 246 Å². The molecular formula is C61H46Cl2IN. The summed E-state index contributed by atoms with van der Waals surface area (Å²) in [6.07, 6.45) is 0.945. The first-order chi connectivity index (χ1) is 32.0. The lowest BCUT2D eigenvalue weighted by Gasteiger charge is -2.28. The molecule has 10 rings (SSSR count). The number of halogens is 3. The fourth-order valence-electron chi connectivity index (χ4n) is 7.65. The zero-order valence-corrected chi connectivity index (χ0v) is 39.4. The second kappa shape index (κ2) is 22.8. The van der Waals surface area contributed by atoms with Crippen molar-refractivity contribution in [2.24, 2.45) is 0 Å². The molecule has 10 aromatic rings. The zero-order valence-electron chi connectivity index (χ0n) is 35.7. The summed E-state index contributed by atoms with van der Waals surface area (Å²) in [4.78, 5) is 2.29. The van der Waals surface area contributed by atoms with Crippen molar-refractivity contribution < 1.29 is 0 Å². The van der Waals surface area contributed by atoms with Crippen LogP contribution in [0, 0.1) is 3.57 Å². The van der Waals surface area contributed by atoms with Gasteiger partial charge in [0.1, 0.15) is 0 Å². The van der Waals surface area contributed by atoms with Crippen LogP contribution in [0.25, 0.3) is 44.5 Å². The van der Waals surface area contributed by atoms with Crippen LogP contribution in [0.1, 0.15) is 11.1 Å². The molecular weight excluding hydrogens is 944 g/mol. The molecule has 0 bridgehead atoms. The molecule has 316 valence electrons. The van der Waals surface area contributed by atoms with E-state index in [0.29, 0.717) is 0 Å². The SMILES string of the molecule is Clc1ccc(I)cc1.Clc1ccc(N(c2ccc(-c3ccccc3)cc2)c2ccccc2-c2ccccc2)cc1.c1ccc(-c2ccc(Cc3ccccc3-c3ccccc3)cc2)cc1. The van der Waals surface area contributed by atoms with Gasteiger partial charge < -0.3 is 4.90 Å². The number of rotatable bonds is 9. The predicted octanol–water partition coefficient (Wildman–Crippen LogP) is 18.7. The highest BCUT2D eigenvalue weighted by atomic mass is 127. The minimum absolute atomic E-state index is 0.726. The molecule has 0 saturated carbocycles. The molecule has 0 atom stereocenters. The third-order valence-electron chi connectivity index (χ3n) is 10.9. The molecule has 10 aromatic carbocycles. The number of benzene rings is 10. The molecule has 0 amide bonds. The van der Waals surface area contributed by atoms with Crippen LogP contribution in [-0.4, -0.2) is 0 Å². The lowest BCUT2D eigenvalue weighted by atomic mass is 9.94. The van der Waals surface area contributed by atoms with Crippen molar-refractivity contribution in [1.29, 1.82) is 0 Å². The smallest absolute Gasteiger partial charge is 0.0540 e. The van der Waals surface area contributed by atoms with Gasteiger partial charge in [-0.2, -0.15) is 0 Å². The average molecular weight is 991 g/mol. The Balaban J connectivity index is 0.000000155. The maximum atomic E-state index is 6.21. The molecule has 0 heterocycles. The maximum Gasteiger partial charge on any atom is 0.0540 e. The molecule has 65 heavy (non-hydrogen) atoms. The average Bonchev–Trinajstić information content (AvgIpc) is 3.38. The third kappa shape index (κ3) is 12.3. The highest BCUT2D eigenvalue weighted by Gasteiger charge is 2.17. The van der Waals surface area contributed by atoms with E-state index in [4.69, 9.17) is 23.2 Å². The van der Waals surface area contributed by atoms with Gasteiger partial charge in [-0.15, -0.1) is 0 Å². The van der Waals surface area contributed by atoms with E-state index in [-0.39, 0.29) is 0 Å². The van der Waals surface area contributed by atoms with Crippen molar-refractivity contribution in [3.63, 3.8) is 0 Å². The van der Waals surface area contributed by atoms with Gasteiger partial charge in [0, 0.05) is 30.6 Å². The number of anilines is 3. The largest absolute Gasteiger partial charge is 0.310 e. The lowest BCUT2D eigenvalue weighted by Crippen LogP contribution is -2.11. The minimum Gasteiger partial charge on any atom is -0.310 e. The number of hydrogen-bond donors (Lipinski definition) is 0. The van der Waals surface area contributed by atoms with Gasteiger partial charge in [-0.05, 0) is 146 Å². The van der Waals surface area contributed by atoms with Crippen LogP contribution in [0.2, 0.25) is 10.0 Å². The Morgan fingerprint density at radius 3 is 1.15 bits per heavy atom. The number of hydrogen-bond acceptors (Lipinski definition) is 1. The molecule has 0 aliphatic rings. The van der Waals surface area contributed by atoms with E-state index in [1.807, 2.05) is 48.5 Å². The molecule has 0 fully saturated rings. The third-order valence-corrected chi connectivity index (χ3v) is 12.1. The van der Waals surface area contributed by atoms with Crippen LogP contribution >= 0.6 is 45.8 Å². The van der Waals surface area contributed by atoms with Crippen LogP contribution in [0.15, 0.2) is 267 Å². The summed E-state index contributed by atoms with van der Waals surface area (Å²) in [6.45, 7) is 0. The van der Waals surface area contributed by atoms with Gasteiger partial charge in [-0.25, -0.2) is 0 Å². The van der Waals surface area contributed by atoms with Crippen LogP contribution < -0.4 is 4.90 Å². The normalized spacial score (nSPS) is 10.4. The first-order valence-electron chi connectivity index (χ1n) is 21.5. The summed E-state index contributed by atoms with van der Waals surface area (Å²) in [5.41, 5.74) is 15.9. The Bertz CT molecular complexity index is 2960. The standard InChI is InChI=1S/C30H22ClN.C25H20.C6H4ClI/c31-26-17-21-28(22-18-26)32(27-19-15-24(16-20-27)23-9-3-1-4-10-23)30-14-8-7-13-29(30)25-11-5-2-6-12-25;1-3-9-21(10-4-1)22-17-15-20(16-18-22)19-24-13-7-8-14-25(24)23-11-5-2-6-12-23;7-5-1-3-6(8)4-2-5/h1-22H;1-18H,19H2;1-4H. The Morgan fingerprint density at radius 1 is 0.308 bits per heavy atom. The summed E-state index contributed by atoms with van der Waals surface area (Å²) >= 11 is 14.1. The summed E-state index contributed by atoms with van der Waals surface area (Å²) < 4.78 is 1.21. The maximum absolute atomic E-state index is 6.21. The van der Waals surface area contributed by atoms with E-state index in [9.17, 15) is 0 Å². The highest BCUT2D eigenvalue weighted by molar-refractivity contribution is 14.1. The number of nitrogens with zero attached hydrogens (tertiary/aromatic N) is 1. The fraction of sp³-hybridized carbons (Fsp3) is 0.0164. The Morgan fingerprint density at radius 2 is 0.662 bits per heavy atom. The Kier molecular flexibility index (Phi) is 15.7. The minimum atomic E-state index is 0.726. The summed E-state index contributed by atoms with van der Waals surface area (Å²) in [5, 5.41) is 1.52. The summed E-state index contributed by atoms with van der Waals surface area (Å²) in [5.74, 6) is 0. The molecule has 0 aliphatic heterocycles. The molecule has 4 heteroatoms.